The molecule has 6 heteroatoms. The summed E-state index contributed by atoms with van der Waals surface area (Å²) in [5.41, 5.74) is 0.933. The van der Waals surface area contributed by atoms with Gasteiger partial charge in [-0.1, -0.05) is 24.9 Å². The number of hydrogen-bond acceptors (Lipinski definition) is 5. The lowest BCUT2D eigenvalue weighted by atomic mass is 10.2. The maximum atomic E-state index is 11.2. The van der Waals surface area contributed by atoms with Gasteiger partial charge in [0.2, 0.25) is 0 Å². The van der Waals surface area contributed by atoms with Crippen molar-refractivity contribution in [3.05, 3.63) is 17.0 Å². The predicted octanol–water partition coefficient (Wildman–Crippen LogP) is 2.84. The Labute approximate surface area is 118 Å². The summed E-state index contributed by atoms with van der Waals surface area (Å²) in [6, 6.07) is 0. The van der Waals surface area contributed by atoms with E-state index in [4.69, 9.17) is 16.3 Å². The molecule has 1 heterocycles. The Bertz CT molecular complexity index is 413. The molecule has 1 aromatic rings. The van der Waals surface area contributed by atoms with E-state index in [2.05, 4.69) is 22.2 Å². The van der Waals surface area contributed by atoms with Gasteiger partial charge in [0.05, 0.1) is 6.61 Å². The highest BCUT2D eigenvalue weighted by Gasteiger charge is 2.08. The van der Waals surface area contributed by atoms with Crippen LogP contribution < -0.4 is 5.32 Å². The van der Waals surface area contributed by atoms with Crippen molar-refractivity contribution in [2.75, 3.05) is 18.5 Å². The highest BCUT2D eigenvalue weighted by Crippen LogP contribution is 2.21. The molecular formula is C13H20ClN3O2. The fraction of sp³-hybridized carbons (Fsp3) is 0.615. The molecule has 0 unspecified atom stereocenters. The number of carbonyl (C=O) groups excluding carboxylic acids is 1. The van der Waals surface area contributed by atoms with E-state index in [1.165, 1.54) is 6.33 Å². The Morgan fingerprint density at radius 2 is 2.21 bits per heavy atom. The number of rotatable bonds is 8. The van der Waals surface area contributed by atoms with Crippen molar-refractivity contribution in [1.29, 1.82) is 0 Å². The molecule has 0 spiro atoms. The summed E-state index contributed by atoms with van der Waals surface area (Å²) in [4.78, 5) is 19.3. The van der Waals surface area contributed by atoms with E-state index in [-0.39, 0.29) is 5.97 Å². The molecule has 106 valence electrons. The van der Waals surface area contributed by atoms with Gasteiger partial charge >= 0.3 is 5.97 Å². The molecule has 0 atom stereocenters. The van der Waals surface area contributed by atoms with Gasteiger partial charge in [-0.15, -0.1) is 0 Å². The molecule has 0 aliphatic heterocycles. The van der Waals surface area contributed by atoms with Crippen molar-refractivity contribution >= 4 is 23.4 Å². The van der Waals surface area contributed by atoms with Crippen LogP contribution in [0.1, 0.15) is 38.7 Å². The van der Waals surface area contributed by atoms with Gasteiger partial charge in [-0.2, -0.15) is 0 Å². The third kappa shape index (κ3) is 5.42. The first kappa shape index (κ1) is 15.7. The van der Waals surface area contributed by atoms with Crippen LogP contribution in [0.15, 0.2) is 6.33 Å². The van der Waals surface area contributed by atoms with Crippen molar-refractivity contribution in [2.45, 2.75) is 39.5 Å². The van der Waals surface area contributed by atoms with Gasteiger partial charge in [-0.3, -0.25) is 4.79 Å². The Morgan fingerprint density at radius 3 is 2.89 bits per heavy atom. The summed E-state index contributed by atoms with van der Waals surface area (Å²) >= 11 is 6.05. The minimum atomic E-state index is -0.168. The fourth-order valence-electron chi connectivity index (χ4n) is 1.69. The molecule has 0 saturated heterocycles. The standard InChI is InChI=1S/C13H20ClN3O2/c1-3-6-10-12(14)16-9-17-13(10)15-8-5-7-11(18)19-4-2/h9H,3-8H2,1-2H3,(H,15,16,17). The molecule has 0 bridgehead atoms. The first-order valence-electron chi connectivity index (χ1n) is 6.57. The zero-order valence-corrected chi connectivity index (χ0v) is 12.2. The Kier molecular flexibility index (Phi) is 7.18. The van der Waals surface area contributed by atoms with Crippen molar-refractivity contribution in [2.24, 2.45) is 0 Å². The van der Waals surface area contributed by atoms with Gasteiger partial charge in [0, 0.05) is 18.5 Å². The normalized spacial score (nSPS) is 10.3. The Balaban J connectivity index is 2.44. The minimum absolute atomic E-state index is 0.168. The molecular weight excluding hydrogens is 266 g/mol. The summed E-state index contributed by atoms with van der Waals surface area (Å²) in [5.74, 6) is 0.588. The largest absolute Gasteiger partial charge is 0.466 e. The van der Waals surface area contributed by atoms with Crippen LogP contribution in [-0.4, -0.2) is 29.1 Å². The van der Waals surface area contributed by atoms with Gasteiger partial charge in [0.25, 0.3) is 0 Å². The van der Waals surface area contributed by atoms with Gasteiger partial charge in [-0.05, 0) is 19.8 Å². The minimum Gasteiger partial charge on any atom is -0.466 e. The number of nitrogens with one attached hydrogen (secondary N) is 1. The number of ether oxygens (including phenoxy) is 1. The van der Waals surface area contributed by atoms with Crippen molar-refractivity contribution in [3.63, 3.8) is 0 Å². The van der Waals surface area contributed by atoms with E-state index in [1.807, 2.05) is 0 Å². The number of halogens is 1. The molecule has 0 fully saturated rings. The van der Waals surface area contributed by atoms with Crippen LogP contribution in [-0.2, 0) is 16.0 Å². The molecule has 1 rings (SSSR count). The van der Waals surface area contributed by atoms with Gasteiger partial charge in [0.15, 0.2) is 0 Å². The zero-order chi connectivity index (χ0) is 14.1. The Morgan fingerprint density at radius 1 is 1.42 bits per heavy atom. The SMILES string of the molecule is CCCc1c(Cl)ncnc1NCCCC(=O)OCC. The molecule has 0 amide bonds. The number of aromatic nitrogens is 2. The third-order valence-corrected chi connectivity index (χ3v) is 2.87. The predicted molar refractivity (Wildman–Crippen MR) is 75.4 cm³/mol. The van der Waals surface area contributed by atoms with E-state index >= 15 is 0 Å². The fourth-order valence-corrected chi connectivity index (χ4v) is 1.92. The molecule has 0 radical (unpaired) electrons. The smallest absolute Gasteiger partial charge is 0.305 e. The maximum absolute atomic E-state index is 11.2. The zero-order valence-electron chi connectivity index (χ0n) is 11.4. The van der Waals surface area contributed by atoms with Gasteiger partial charge in [-0.25, -0.2) is 9.97 Å². The van der Waals surface area contributed by atoms with Crippen LogP contribution in [0.4, 0.5) is 5.82 Å². The quantitative estimate of drug-likeness (QED) is 0.452. The summed E-state index contributed by atoms with van der Waals surface area (Å²) in [5, 5.41) is 3.68. The third-order valence-electron chi connectivity index (χ3n) is 2.55. The van der Waals surface area contributed by atoms with Crippen LogP contribution in [0.3, 0.4) is 0 Å². The number of esters is 1. The van der Waals surface area contributed by atoms with Crippen LogP contribution in [0.25, 0.3) is 0 Å². The number of hydrogen-bond donors (Lipinski definition) is 1. The Hall–Kier alpha value is -1.36. The highest BCUT2D eigenvalue weighted by molar-refractivity contribution is 6.30. The van der Waals surface area contributed by atoms with Crippen LogP contribution in [0.5, 0.6) is 0 Å². The van der Waals surface area contributed by atoms with Crippen LogP contribution in [0.2, 0.25) is 5.15 Å². The molecule has 1 aromatic heterocycles. The van der Waals surface area contributed by atoms with E-state index < -0.39 is 0 Å². The van der Waals surface area contributed by atoms with Crippen LogP contribution in [0, 0.1) is 0 Å². The average Bonchev–Trinajstić information content (AvgIpc) is 2.38. The lowest BCUT2D eigenvalue weighted by Crippen LogP contribution is -2.10. The molecule has 1 N–H and O–H groups in total. The summed E-state index contributed by atoms with van der Waals surface area (Å²) in [7, 11) is 0. The molecule has 5 nitrogen and oxygen atoms in total. The maximum Gasteiger partial charge on any atom is 0.305 e. The highest BCUT2D eigenvalue weighted by atomic mass is 35.5. The second-order valence-electron chi connectivity index (χ2n) is 4.08. The van der Waals surface area contributed by atoms with Gasteiger partial charge in [0.1, 0.15) is 17.3 Å². The number of nitrogens with zero attached hydrogens (tertiary/aromatic N) is 2. The molecule has 0 aliphatic rings. The van der Waals surface area contributed by atoms with Crippen molar-refractivity contribution < 1.29 is 9.53 Å². The monoisotopic (exact) mass is 285 g/mol. The topological polar surface area (TPSA) is 64.1 Å². The second-order valence-corrected chi connectivity index (χ2v) is 4.44. The lowest BCUT2D eigenvalue weighted by molar-refractivity contribution is -0.143. The van der Waals surface area contributed by atoms with E-state index in [1.54, 1.807) is 6.92 Å². The number of anilines is 1. The molecule has 0 saturated carbocycles. The summed E-state index contributed by atoms with van der Waals surface area (Å²) in [6.45, 7) is 4.96. The number of carbonyl (C=O) groups is 1. The lowest BCUT2D eigenvalue weighted by Gasteiger charge is -2.10. The van der Waals surface area contributed by atoms with Gasteiger partial charge < -0.3 is 10.1 Å². The van der Waals surface area contributed by atoms with E-state index in [0.717, 1.165) is 24.2 Å². The summed E-state index contributed by atoms with van der Waals surface area (Å²) < 4.78 is 4.86. The second kappa shape index (κ2) is 8.69. The van der Waals surface area contributed by atoms with Crippen LogP contribution >= 0.6 is 11.6 Å². The van der Waals surface area contributed by atoms with E-state index in [0.29, 0.717) is 31.1 Å². The first-order valence-corrected chi connectivity index (χ1v) is 6.95. The summed E-state index contributed by atoms with van der Waals surface area (Å²) in [6.07, 6.45) is 4.36. The van der Waals surface area contributed by atoms with Crippen molar-refractivity contribution in [3.8, 4) is 0 Å². The molecule has 0 aromatic carbocycles. The average molecular weight is 286 g/mol. The van der Waals surface area contributed by atoms with Crippen molar-refractivity contribution in [1.82, 2.24) is 9.97 Å². The van der Waals surface area contributed by atoms with E-state index in [9.17, 15) is 4.79 Å². The molecule has 19 heavy (non-hydrogen) atoms. The first-order chi connectivity index (χ1) is 9.19. The molecule has 0 aliphatic carbocycles.